The van der Waals surface area contributed by atoms with E-state index in [1.54, 1.807) is 7.11 Å². The van der Waals surface area contributed by atoms with Gasteiger partial charge in [-0.2, -0.15) is 0 Å². The van der Waals surface area contributed by atoms with E-state index >= 15 is 0 Å². The lowest BCUT2D eigenvalue weighted by Gasteiger charge is -2.13. The molecule has 5 heteroatoms. The number of anilines is 1. The molecule has 4 nitrogen and oxygen atoms in total. The highest BCUT2D eigenvalue weighted by molar-refractivity contribution is 14.0. The summed E-state index contributed by atoms with van der Waals surface area (Å²) in [6.07, 6.45) is 7.23. The summed E-state index contributed by atoms with van der Waals surface area (Å²) in [6, 6.07) is 6.52. The van der Waals surface area contributed by atoms with Crippen LogP contribution in [0.3, 0.4) is 0 Å². The summed E-state index contributed by atoms with van der Waals surface area (Å²) >= 11 is 0. The monoisotopic (exact) mass is 415 g/mol. The summed E-state index contributed by atoms with van der Waals surface area (Å²) in [7, 11) is 1.75. The molecule has 122 valence electrons. The Morgan fingerprint density at radius 3 is 2.82 bits per heavy atom. The lowest BCUT2D eigenvalue weighted by atomic mass is 10.0. The number of rotatable bonds is 6. The van der Waals surface area contributed by atoms with E-state index in [-0.39, 0.29) is 24.0 Å². The Morgan fingerprint density at radius 2 is 2.09 bits per heavy atom. The van der Waals surface area contributed by atoms with Crippen LogP contribution in [0.1, 0.15) is 36.8 Å². The number of aliphatic imine (C=N–C) groups is 1. The Labute approximate surface area is 149 Å². The molecule has 3 rings (SSSR count). The third-order valence-electron chi connectivity index (χ3n) is 4.75. The number of nitrogens with one attached hydrogen (secondary N) is 1. The number of hydrogen-bond donors (Lipinski definition) is 2. The number of aryl methyl sites for hydroxylation is 2. The Balaban J connectivity index is 0.00000176. The van der Waals surface area contributed by atoms with E-state index in [0.717, 1.165) is 25.3 Å². The minimum absolute atomic E-state index is 0. The number of hydrogen-bond acceptors (Lipinski definition) is 2. The highest BCUT2D eigenvalue weighted by Crippen LogP contribution is 2.48. The maximum absolute atomic E-state index is 6.02. The number of nitrogens with two attached hydrogens (primary N) is 1. The van der Waals surface area contributed by atoms with Crippen LogP contribution in [0, 0.1) is 5.41 Å². The number of halogens is 1. The second-order valence-corrected chi connectivity index (χ2v) is 6.41. The molecule has 0 saturated heterocycles. The SMILES string of the molecule is COCCC1(CN=C(N)Nc2ccc3c(c2)CCC3)CC1.I. The number of ether oxygens (including phenoxy) is 1. The summed E-state index contributed by atoms with van der Waals surface area (Å²) in [5.74, 6) is 0.525. The first-order valence-electron chi connectivity index (χ1n) is 7.88. The molecular weight excluding hydrogens is 389 g/mol. The number of methoxy groups -OCH3 is 1. The quantitative estimate of drug-likeness (QED) is 0.426. The molecule has 0 spiro atoms. The van der Waals surface area contributed by atoms with Crippen molar-refractivity contribution in [2.24, 2.45) is 16.1 Å². The third-order valence-corrected chi connectivity index (χ3v) is 4.75. The molecule has 0 unspecified atom stereocenters. The van der Waals surface area contributed by atoms with Crippen molar-refractivity contribution in [3.8, 4) is 0 Å². The predicted octanol–water partition coefficient (Wildman–Crippen LogP) is 3.34. The van der Waals surface area contributed by atoms with Crippen molar-refractivity contribution < 1.29 is 4.74 Å². The second kappa shape index (κ2) is 7.64. The van der Waals surface area contributed by atoms with Crippen molar-refractivity contribution in [1.29, 1.82) is 0 Å². The summed E-state index contributed by atoms with van der Waals surface area (Å²) in [6.45, 7) is 1.62. The molecule has 0 aliphatic heterocycles. The Bertz CT molecular complexity index is 541. The summed E-state index contributed by atoms with van der Waals surface area (Å²) in [5.41, 5.74) is 10.4. The minimum Gasteiger partial charge on any atom is -0.385 e. The lowest BCUT2D eigenvalue weighted by Crippen LogP contribution is -2.24. The van der Waals surface area contributed by atoms with Gasteiger partial charge in [-0.1, -0.05) is 6.07 Å². The molecule has 0 amide bonds. The van der Waals surface area contributed by atoms with E-state index in [1.165, 1.54) is 43.2 Å². The molecule has 0 atom stereocenters. The van der Waals surface area contributed by atoms with Gasteiger partial charge in [0.05, 0.1) is 0 Å². The van der Waals surface area contributed by atoms with Gasteiger partial charge in [-0.3, -0.25) is 4.99 Å². The van der Waals surface area contributed by atoms with Crippen LogP contribution in [0.15, 0.2) is 23.2 Å². The van der Waals surface area contributed by atoms with Crippen LogP contribution in [0.4, 0.5) is 5.69 Å². The van der Waals surface area contributed by atoms with Crippen LogP contribution in [-0.4, -0.2) is 26.2 Å². The van der Waals surface area contributed by atoms with E-state index < -0.39 is 0 Å². The zero-order valence-corrected chi connectivity index (χ0v) is 15.6. The fourth-order valence-corrected chi connectivity index (χ4v) is 3.07. The molecule has 0 bridgehead atoms. The maximum Gasteiger partial charge on any atom is 0.193 e. The number of nitrogens with zero attached hydrogens (tertiary/aromatic N) is 1. The van der Waals surface area contributed by atoms with E-state index in [9.17, 15) is 0 Å². The van der Waals surface area contributed by atoms with Crippen molar-refractivity contribution in [2.75, 3.05) is 25.6 Å². The normalized spacial score (nSPS) is 18.5. The average molecular weight is 415 g/mol. The van der Waals surface area contributed by atoms with Crippen LogP contribution >= 0.6 is 24.0 Å². The molecule has 1 aromatic carbocycles. The van der Waals surface area contributed by atoms with E-state index in [4.69, 9.17) is 10.5 Å². The van der Waals surface area contributed by atoms with Crippen LogP contribution in [-0.2, 0) is 17.6 Å². The number of guanidine groups is 1. The van der Waals surface area contributed by atoms with Gasteiger partial charge in [-0.25, -0.2) is 0 Å². The van der Waals surface area contributed by atoms with Crippen molar-refractivity contribution in [1.82, 2.24) is 0 Å². The topological polar surface area (TPSA) is 59.6 Å². The van der Waals surface area contributed by atoms with Gasteiger partial charge in [0.1, 0.15) is 0 Å². The smallest absolute Gasteiger partial charge is 0.193 e. The third kappa shape index (κ3) is 4.35. The molecule has 0 heterocycles. The Hall–Kier alpha value is -0.820. The largest absolute Gasteiger partial charge is 0.385 e. The van der Waals surface area contributed by atoms with Gasteiger partial charge in [0.15, 0.2) is 5.96 Å². The van der Waals surface area contributed by atoms with Crippen molar-refractivity contribution in [3.05, 3.63) is 29.3 Å². The highest BCUT2D eigenvalue weighted by Gasteiger charge is 2.41. The molecule has 22 heavy (non-hydrogen) atoms. The van der Waals surface area contributed by atoms with Gasteiger partial charge in [0, 0.05) is 25.9 Å². The molecule has 0 radical (unpaired) electrons. The zero-order chi connectivity index (χ0) is 14.7. The molecule has 3 N–H and O–H groups in total. The predicted molar refractivity (Wildman–Crippen MR) is 102 cm³/mol. The van der Waals surface area contributed by atoms with Crippen molar-refractivity contribution in [3.63, 3.8) is 0 Å². The van der Waals surface area contributed by atoms with E-state index in [2.05, 4.69) is 28.5 Å². The first-order chi connectivity index (χ1) is 10.2. The van der Waals surface area contributed by atoms with Gasteiger partial charge in [-0.05, 0) is 67.2 Å². The van der Waals surface area contributed by atoms with E-state index in [1.807, 2.05) is 0 Å². The molecule has 2 aliphatic rings. The molecule has 0 aromatic heterocycles. The van der Waals surface area contributed by atoms with Crippen LogP contribution in [0.2, 0.25) is 0 Å². The fraction of sp³-hybridized carbons (Fsp3) is 0.588. The summed E-state index contributed by atoms with van der Waals surface area (Å²) < 4.78 is 5.17. The maximum atomic E-state index is 6.02. The first-order valence-corrected chi connectivity index (χ1v) is 7.88. The fourth-order valence-electron chi connectivity index (χ4n) is 3.07. The van der Waals surface area contributed by atoms with E-state index in [0.29, 0.717) is 11.4 Å². The van der Waals surface area contributed by atoms with Gasteiger partial charge >= 0.3 is 0 Å². The standard InChI is InChI=1S/C17H25N3O.HI/c1-21-10-9-17(7-8-17)12-19-16(18)20-15-6-5-13-3-2-4-14(13)11-15;/h5-6,11H,2-4,7-10,12H2,1H3,(H3,18,19,20);1H. The Kier molecular flexibility index (Phi) is 6.09. The van der Waals surface area contributed by atoms with Gasteiger partial charge in [-0.15, -0.1) is 24.0 Å². The zero-order valence-electron chi connectivity index (χ0n) is 13.2. The van der Waals surface area contributed by atoms with Crippen molar-refractivity contribution >= 4 is 35.6 Å². The van der Waals surface area contributed by atoms with Gasteiger partial charge in [0.25, 0.3) is 0 Å². The number of fused-ring (bicyclic) bond motifs is 1. The molecule has 1 aromatic rings. The Morgan fingerprint density at radius 1 is 1.32 bits per heavy atom. The molecular formula is C17H26IN3O. The summed E-state index contributed by atoms with van der Waals surface area (Å²) in [5, 5.41) is 3.22. The summed E-state index contributed by atoms with van der Waals surface area (Å²) in [4.78, 5) is 4.53. The van der Waals surface area contributed by atoms with Crippen LogP contribution in [0.25, 0.3) is 0 Å². The highest BCUT2D eigenvalue weighted by atomic mass is 127. The average Bonchev–Trinajstić information content (AvgIpc) is 3.11. The van der Waals surface area contributed by atoms with Crippen LogP contribution in [0.5, 0.6) is 0 Å². The van der Waals surface area contributed by atoms with Gasteiger partial charge < -0.3 is 15.8 Å². The first kappa shape index (κ1) is 17.5. The van der Waals surface area contributed by atoms with Crippen LogP contribution < -0.4 is 11.1 Å². The molecule has 2 aliphatic carbocycles. The number of benzene rings is 1. The van der Waals surface area contributed by atoms with Gasteiger partial charge in [0.2, 0.25) is 0 Å². The second-order valence-electron chi connectivity index (χ2n) is 6.41. The molecule has 1 saturated carbocycles. The van der Waals surface area contributed by atoms with Crippen molar-refractivity contribution in [2.45, 2.75) is 38.5 Å². The lowest BCUT2D eigenvalue weighted by molar-refractivity contribution is 0.174. The minimum atomic E-state index is 0. The molecule has 1 fully saturated rings.